The lowest BCUT2D eigenvalue weighted by molar-refractivity contribution is -0.170. The van der Waals surface area contributed by atoms with Gasteiger partial charge < -0.3 is 18.9 Å². The largest absolute Gasteiger partial charge is 0.452 e. The molecule has 0 amide bonds. The van der Waals surface area contributed by atoms with Crippen molar-refractivity contribution < 1.29 is 28.5 Å². The van der Waals surface area contributed by atoms with E-state index < -0.39 is 42.1 Å². The Balaban J connectivity index is 1.60. The molecule has 0 unspecified atom stereocenters. The van der Waals surface area contributed by atoms with Crippen LogP contribution in [0.3, 0.4) is 0 Å². The Bertz CT molecular complexity index is 980. The van der Waals surface area contributed by atoms with E-state index in [1.54, 1.807) is 26.0 Å². The van der Waals surface area contributed by atoms with E-state index in [2.05, 4.69) is 0 Å². The molecule has 0 aliphatic carbocycles. The Kier molecular flexibility index (Phi) is 6.02. The summed E-state index contributed by atoms with van der Waals surface area (Å²) in [5.41, 5.74) is 1.65. The predicted octanol–water partition coefficient (Wildman–Crippen LogP) is 3.99. The molecule has 0 spiro atoms. The zero-order valence-corrected chi connectivity index (χ0v) is 17.3. The van der Waals surface area contributed by atoms with Crippen molar-refractivity contribution in [3.63, 3.8) is 0 Å². The maximum atomic E-state index is 12.7. The molecule has 0 N–H and O–H groups in total. The van der Waals surface area contributed by atoms with Gasteiger partial charge in [0, 0.05) is 12.2 Å². The van der Waals surface area contributed by atoms with Gasteiger partial charge in [0.15, 0.2) is 11.9 Å². The van der Waals surface area contributed by atoms with Gasteiger partial charge in [0.1, 0.15) is 18.3 Å². The molecule has 0 radical (unpaired) electrons. The zero-order chi connectivity index (χ0) is 21.8. The van der Waals surface area contributed by atoms with Gasteiger partial charge in [-0.3, -0.25) is 0 Å². The molecule has 2 aromatic carbocycles. The standard InChI is InChI=1S/C25H24O6/c1-25(2)30-23(19-14-16-20(26)28-19)24(31-25)22(18-11-7-4-8-12-18)29-21(27)15-13-17-9-5-3-6-10-17/h3-16,19,22-24H,1-2H3/b15-13+/t19-,22+,23+,24+/m1/s1. The lowest BCUT2D eigenvalue weighted by atomic mass is 9.97. The number of benzene rings is 2. The van der Waals surface area contributed by atoms with Gasteiger partial charge in [0.2, 0.25) is 0 Å². The van der Waals surface area contributed by atoms with Gasteiger partial charge in [-0.05, 0) is 37.1 Å². The molecule has 2 aromatic rings. The van der Waals surface area contributed by atoms with Crippen molar-refractivity contribution in [3.8, 4) is 0 Å². The number of cyclic esters (lactones) is 1. The van der Waals surface area contributed by atoms with Gasteiger partial charge >= 0.3 is 11.9 Å². The third kappa shape index (κ3) is 5.10. The Morgan fingerprint density at radius 3 is 2.35 bits per heavy atom. The number of hydrogen-bond acceptors (Lipinski definition) is 6. The van der Waals surface area contributed by atoms with E-state index in [4.69, 9.17) is 18.9 Å². The quantitative estimate of drug-likeness (QED) is 0.520. The van der Waals surface area contributed by atoms with Crippen LogP contribution in [0.2, 0.25) is 0 Å². The van der Waals surface area contributed by atoms with Crippen molar-refractivity contribution in [2.45, 2.75) is 44.1 Å². The highest BCUT2D eigenvalue weighted by Gasteiger charge is 2.51. The van der Waals surface area contributed by atoms with Crippen LogP contribution in [0.1, 0.15) is 31.1 Å². The van der Waals surface area contributed by atoms with Gasteiger partial charge in [-0.1, -0.05) is 60.7 Å². The Hall–Kier alpha value is -3.22. The van der Waals surface area contributed by atoms with Crippen molar-refractivity contribution in [2.75, 3.05) is 0 Å². The van der Waals surface area contributed by atoms with Crippen LogP contribution in [-0.4, -0.2) is 36.0 Å². The van der Waals surface area contributed by atoms with Gasteiger partial charge in [-0.15, -0.1) is 0 Å². The second-order valence-corrected chi connectivity index (χ2v) is 7.84. The minimum atomic E-state index is -0.933. The fourth-order valence-corrected chi connectivity index (χ4v) is 3.73. The number of esters is 2. The SMILES string of the molecule is CC1(C)O[C@@H]([C@H]2C=CC(=O)O2)[C@H]([C@@H](OC(=O)/C=C/c2ccccc2)c2ccccc2)O1. The van der Waals surface area contributed by atoms with Crippen LogP contribution < -0.4 is 0 Å². The van der Waals surface area contributed by atoms with Crippen LogP contribution in [0.5, 0.6) is 0 Å². The van der Waals surface area contributed by atoms with E-state index in [1.165, 1.54) is 12.2 Å². The number of hydrogen-bond donors (Lipinski definition) is 0. The average molecular weight is 420 g/mol. The number of rotatable bonds is 6. The van der Waals surface area contributed by atoms with Crippen LogP contribution in [0.25, 0.3) is 6.08 Å². The van der Waals surface area contributed by atoms with Crippen LogP contribution in [0.4, 0.5) is 0 Å². The van der Waals surface area contributed by atoms with E-state index >= 15 is 0 Å². The average Bonchev–Trinajstić information content (AvgIpc) is 3.34. The molecule has 1 saturated heterocycles. The maximum Gasteiger partial charge on any atom is 0.331 e. The van der Waals surface area contributed by atoms with Crippen LogP contribution in [0, 0.1) is 0 Å². The van der Waals surface area contributed by atoms with Crippen molar-refractivity contribution in [2.24, 2.45) is 0 Å². The summed E-state index contributed by atoms with van der Waals surface area (Å²) in [6, 6.07) is 18.8. The van der Waals surface area contributed by atoms with Gasteiger partial charge in [-0.2, -0.15) is 0 Å². The van der Waals surface area contributed by atoms with Crippen molar-refractivity contribution in [3.05, 3.63) is 90.0 Å². The topological polar surface area (TPSA) is 71.1 Å². The third-order valence-electron chi connectivity index (χ3n) is 5.04. The lowest BCUT2D eigenvalue weighted by Gasteiger charge is -2.28. The predicted molar refractivity (Wildman–Crippen MR) is 114 cm³/mol. The van der Waals surface area contributed by atoms with E-state index in [9.17, 15) is 9.59 Å². The summed E-state index contributed by atoms with van der Waals surface area (Å²) < 4.78 is 23.4. The first kappa shape index (κ1) is 21.0. The molecule has 6 heteroatoms. The molecule has 0 saturated carbocycles. The smallest absolute Gasteiger partial charge is 0.331 e. The summed E-state index contributed by atoms with van der Waals surface area (Å²) >= 11 is 0. The minimum Gasteiger partial charge on any atom is -0.452 e. The fourth-order valence-electron chi connectivity index (χ4n) is 3.73. The third-order valence-corrected chi connectivity index (χ3v) is 5.04. The molecule has 6 nitrogen and oxygen atoms in total. The van der Waals surface area contributed by atoms with Gasteiger partial charge in [0.25, 0.3) is 0 Å². The van der Waals surface area contributed by atoms with Gasteiger partial charge in [0.05, 0.1) is 0 Å². The Morgan fingerprint density at radius 1 is 1.03 bits per heavy atom. The first-order chi connectivity index (χ1) is 14.9. The summed E-state index contributed by atoms with van der Waals surface area (Å²) in [6.45, 7) is 3.55. The summed E-state index contributed by atoms with van der Waals surface area (Å²) in [4.78, 5) is 24.3. The fraction of sp³-hybridized carbons (Fsp3) is 0.280. The summed E-state index contributed by atoms with van der Waals surface area (Å²) in [7, 11) is 0. The molecule has 4 atom stereocenters. The molecule has 160 valence electrons. The van der Waals surface area contributed by atoms with Crippen molar-refractivity contribution >= 4 is 18.0 Å². The summed E-state index contributed by atoms with van der Waals surface area (Å²) in [6.07, 6.45) is 3.40. The molecule has 2 aliphatic heterocycles. The number of ether oxygens (including phenoxy) is 4. The minimum absolute atomic E-state index is 0.434. The van der Waals surface area contributed by atoms with E-state index in [0.29, 0.717) is 0 Å². The highest BCUT2D eigenvalue weighted by molar-refractivity contribution is 5.87. The van der Waals surface area contributed by atoms with Crippen molar-refractivity contribution in [1.29, 1.82) is 0 Å². The highest BCUT2D eigenvalue weighted by Crippen LogP contribution is 2.40. The molecule has 4 rings (SSSR count). The van der Waals surface area contributed by atoms with Crippen LogP contribution in [0.15, 0.2) is 78.9 Å². The summed E-state index contributed by atoms with van der Waals surface area (Å²) in [5.74, 6) is -1.88. The molecule has 0 bridgehead atoms. The maximum absolute atomic E-state index is 12.7. The zero-order valence-electron chi connectivity index (χ0n) is 17.3. The number of carbonyl (C=O) groups excluding carboxylic acids is 2. The van der Waals surface area contributed by atoms with E-state index in [0.717, 1.165) is 11.1 Å². The molecule has 0 aromatic heterocycles. The normalized spacial score (nSPS) is 25.5. The molecular weight excluding hydrogens is 396 g/mol. The first-order valence-corrected chi connectivity index (χ1v) is 10.1. The molecule has 31 heavy (non-hydrogen) atoms. The lowest BCUT2D eigenvalue weighted by Crippen LogP contribution is -2.40. The Labute approximate surface area is 181 Å². The van der Waals surface area contributed by atoms with E-state index in [-0.39, 0.29) is 0 Å². The molecular formula is C25H24O6. The van der Waals surface area contributed by atoms with Crippen molar-refractivity contribution in [1.82, 2.24) is 0 Å². The van der Waals surface area contributed by atoms with Crippen LogP contribution in [-0.2, 0) is 28.5 Å². The molecule has 1 fully saturated rings. The summed E-state index contributed by atoms with van der Waals surface area (Å²) in [5, 5.41) is 0. The molecule has 2 aliphatic rings. The molecule has 2 heterocycles. The first-order valence-electron chi connectivity index (χ1n) is 10.1. The second-order valence-electron chi connectivity index (χ2n) is 7.84. The number of carbonyl (C=O) groups is 2. The van der Waals surface area contributed by atoms with E-state index in [1.807, 2.05) is 60.7 Å². The van der Waals surface area contributed by atoms with Crippen LogP contribution >= 0.6 is 0 Å². The van der Waals surface area contributed by atoms with Gasteiger partial charge in [-0.25, -0.2) is 9.59 Å². The second kappa shape index (κ2) is 8.88. The highest BCUT2D eigenvalue weighted by atomic mass is 16.8. The monoisotopic (exact) mass is 420 g/mol. The Morgan fingerprint density at radius 2 is 1.71 bits per heavy atom.